The van der Waals surface area contributed by atoms with Crippen molar-refractivity contribution in [2.24, 2.45) is 5.73 Å². The summed E-state index contributed by atoms with van der Waals surface area (Å²) in [6.45, 7) is 0. The highest BCUT2D eigenvalue weighted by Crippen LogP contribution is 2.51. The Labute approximate surface area is 147 Å². The first kappa shape index (κ1) is 16.1. The van der Waals surface area contributed by atoms with Crippen LogP contribution in [0.2, 0.25) is 10.0 Å². The first-order valence-corrected chi connectivity index (χ1v) is 7.60. The van der Waals surface area contributed by atoms with Crippen LogP contribution in [0.3, 0.4) is 0 Å². The van der Waals surface area contributed by atoms with E-state index in [0.29, 0.717) is 18.4 Å². The van der Waals surface area contributed by atoms with Crippen LogP contribution in [0.15, 0.2) is 12.1 Å². The van der Waals surface area contributed by atoms with Crippen LogP contribution in [0.4, 0.5) is 5.82 Å². The molecule has 4 N–H and O–H groups in total. The number of rotatable bonds is 3. The number of nitrogens with two attached hydrogens (primary N) is 2. The van der Waals surface area contributed by atoms with Gasteiger partial charge in [-0.2, -0.15) is 15.6 Å². The van der Waals surface area contributed by atoms with E-state index < -0.39 is 11.3 Å². The van der Waals surface area contributed by atoms with Crippen LogP contribution in [0, 0.1) is 22.7 Å². The van der Waals surface area contributed by atoms with Gasteiger partial charge in [0.05, 0.1) is 27.1 Å². The third-order valence-electron chi connectivity index (χ3n) is 4.09. The van der Waals surface area contributed by atoms with Crippen LogP contribution in [0.1, 0.15) is 29.7 Å². The van der Waals surface area contributed by atoms with Gasteiger partial charge in [0.15, 0.2) is 5.69 Å². The standard InChI is InChI=1S/C15H10Cl2N6O/c16-8-3-7(5-18)4-9(17)12(8)23-13(20)11(10(6-19)22-23)15(1-2-15)14(21)24/h3-4H,1-2,20H2,(H2,21,24). The summed E-state index contributed by atoms with van der Waals surface area (Å²) in [5.41, 5.74) is 11.5. The molecule has 1 heterocycles. The summed E-state index contributed by atoms with van der Waals surface area (Å²) in [7, 11) is 0. The Morgan fingerprint density at radius 3 is 2.25 bits per heavy atom. The van der Waals surface area contributed by atoms with Gasteiger partial charge in [-0.05, 0) is 25.0 Å². The Morgan fingerprint density at radius 1 is 1.25 bits per heavy atom. The predicted molar refractivity (Wildman–Crippen MR) is 87.5 cm³/mol. The van der Waals surface area contributed by atoms with Crippen LogP contribution in [-0.4, -0.2) is 15.7 Å². The highest BCUT2D eigenvalue weighted by Gasteiger charge is 2.54. The number of aromatic nitrogens is 2. The van der Waals surface area contributed by atoms with Crippen molar-refractivity contribution in [2.75, 3.05) is 5.73 Å². The minimum absolute atomic E-state index is 0.000271. The number of hydrogen-bond acceptors (Lipinski definition) is 5. The zero-order valence-electron chi connectivity index (χ0n) is 12.2. The van der Waals surface area contributed by atoms with Crippen molar-refractivity contribution in [1.29, 1.82) is 10.5 Å². The molecule has 1 aliphatic carbocycles. The maximum atomic E-state index is 11.8. The molecule has 1 aromatic carbocycles. The van der Waals surface area contributed by atoms with E-state index in [2.05, 4.69) is 5.10 Å². The summed E-state index contributed by atoms with van der Waals surface area (Å²) in [6.07, 6.45) is 1.00. The van der Waals surface area contributed by atoms with Crippen molar-refractivity contribution in [3.63, 3.8) is 0 Å². The number of nitrogen functional groups attached to an aromatic ring is 1. The van der Waals surface area contributed by atoms with Gasteiger partial charge in [0, 0.05) is 5.56 Å². The number of halogens is 2. The molecule has 1 aromatic heterocycles. The highest BCUT2D eigenvalue weighted by molar-refractivity contribution is 6.38. The second-order valence-corrected chi connectivity index (χ2v) is 6.29. The Hall–Kier alpha value is -2.74. The molecule has 3 rings (SSSR count). The molecule has 7 nitrogen and oxygen atoms in total. The molecular weight excluding hydrogens is 351 g/mol. The molecule has 1 amide bonds. The van der Waals surface area contributed by atoms with Gasteiger partial charge in [0.1, 0.15) is 17.6 Å². The van der Waals surface area contributed by atoms with Crippen molar-refractivity contribution in [2.45, 2.75) is 18.3 Å². The molecule has 1 fully saturated rings. The second kappa shape index (κ2) is 5.41. The zero-order chi connectivity index (χ0) is 17.6. The van der Waals surface area contributed by atoms with E-state index in [1.54, 1.807) is 0 Å². The van der Waals surface area contributed by atoms with Crippen molar-refractivity contribution in [3.8, 4) is 17.8 Å². The zero-order valence-corrected chi connectivity index (χ0v) is 13.7. The summed E-state index contributed by atoms with van der Waals surface area (Å²) in [5, 5.41) is 22.7. The molecule has 24 heavy (non-hydrogen) atoms. The minimum Gasteiger partial charge on any atom is -0.383 e. The van der Waals surface area contributed by atoms with Crippen molar-refractivity contribution in [3.05, 3.63) is 39.0 Å². The molecule has 0 atom stereocenters. The first-order chi connectivity index (χ1) is 11.4. The molecule has 120 valence electrons. The van der Waals surface area contributed by atoms with Crippen LogP contribution in [0.5, 0.6) is 0 Å². The van der Waals surface area contributed by atoms with E-state index in [0.717, 1.165) is 0 Å². The maximum absolute atomic E-state index is 11.8. The molecule has 0 bridgehead atoms. The van der Waals surface area contributed by atoms with Crippen molar-refractivity contribution >= 4 is 34.9 Å². The topological polar surface area (TPSA) is 135 Å². The van der Waals surface area contributed by atoms with E-state index in [9.17, 15) is 10.1 Å². The average Bonchev–Trinajstić information content (AvgIpc) is 3.27. The summed E-state index contributed by atoms with van der Waals surface area (Å²) >= 11 is 12.4. The molecule has 9 heteroatoms. The Morgan fingerprint density at radius 2 is 1.83 bits per heavy atom. The fraction of sp³-hybridized carbons (Fsp3) is 0.200. The molecule has 2 aromatic rings. The molecule has 0 aliphatic heterocycles. The number of anilines is 1. The van der Waals surface area contributed by atoms with E-state index >= 15 is 0 Å². The van der Waals surface area contributed by atoms with E-state index in [-0.39, 0.29) is 32.8 Å². The van der Waals surface area contributed by atoms with Gasteiger partial charge in [-0.15, -0.1) is 0 Å². The van der Waals surface area contributed by atoms with E-state index in [1.165, 1.54) is 16.8 Å². The molecule has 0 unspecified atom stereocenters. The second-order valence-electron chi connectivity index (χ2n) is 5.48. The van der Waals surface area contributed by atoms with Crippen LogP contribution < -0.4 is 11.5 Å². The van der Waals surface area contributed by atoms with Gasteiger partial charge in [-0.25, -0.2) is 4.68 Å². The number of hydrogen-bond donors (Lipinski definition) is 2. The van der Waals surface area contributed by atoms with Gasteiger partial charge < -0.3 is 11.5 Å². The third-order valence-corrected chi connectivity index (χ3v) is 4.66. The number of carbonyl (C=O) groups excluding carboxylic acids is 1. The number of benzene rings is 1. The van der Waals surface area contributed by atoms with Gasteiger partial charge in [-0.3, -0.25) is 4.79 Å². The average molecular weight is 361 g/mol. The lowest BCUT2D eigenvalue weighted by atomic mass is 9.95. The lowest BCUT2D eigenvalue weighted by molar-refractivity contribution is -0.120. The lowest BCUT2D eigenvalue weighted by Crippen LogP contribution is -2.29. The van der Waals surface area contributed by atoms with E-state index in [4.69, 9.17) is 39.9 Å². The number of carbonyl (C=O) groups is 1. The van der Waals surface area contributed by atoms with Crippen molar-refractivity contribution < 1.29 is 4.79 Å². The molecule has 1 aliphatic rings. The fourth-order valence-electron chi connectivity index (χ4n) is 2.73. The minimum atomic E-state index is -0.973. The molecule has 0 radical (unpaired) electrons. The summed E-state index contributed by atoms with van der Waals surface area (Å²) in [5.74, 6) is -0.473. The fourth-order valence-corrected chi connectivity index (χ4v) is 3.38. The smallest absolute Gasteiger partial charge is 0.228 e. The number of nitrogens with zero attached hydrogens (tertiary/aromatic N) is 4. The molecule has 0 spiro atoms. The van der Waals surface area contributed by atoms with Gasteiger partial charge >= 0.3 is 0 Å². The van der Waals surface area contributed by atoms with Gasteiger partial charge in [-0.1, -0.05) is 23.2 Å². The monoisotopic (exact) mass is 360 g/mol. The number of amides is 1. The highest BCUT2D eigenvalue weighted by atomic mass is 35.5. The van der Waals surface area contributed by atoms with Crippen LogP contribution >= 0.6 is 23.2 Å². The Kier molecular flexibility index (Phi) is 3.64. The Bertz CT molecular complexity index is 939. The largest absolute Gasteiger partial charge is 0.383 e. The summed E-state index contributed by atoms with van der Waals surface area (Å²) in [6, 6.07) is 6.69. The van der Waals surface area contributed by atoms with Gasteiger partial charge in [0.2, 0.25) is 5.91 Å². The van der Waals surface area contributed by atoms with E-state index in [1.807, 2.05) is 12.1 Å². The number of primary amides is 1. The van der Waals surface area contributed by atoms with Crippen LogP contribution in [0.25, 0.3) is 5.69 Å². The summed E-state index contributed by atoms with van der Waals surface area (Å²) in [4.78, 5) is 11.8. The van der Waals surface area contributed by atoms with Crippen molar-refractivity contribution in [1.82, 2.24) is 9.78 Å². The lowest BCUT2D eigenvalue weighted by Gasteiger charge is -2.12. The van der Waals surface area contributed by atoms with Crippen LogP contribution in [-0.2, 0) is 10.2 Å². The SMILES string of the molecule is N#Cc1cc(Cl)c(-n2nc(C#N)c(C3(C(N)=O)CC3)c2N)c(Cl)c1. The third kappa shape index (κ3) is 2.18. The number of nitriles is 2. The maximum Gasteiger partial charge on any atom is 0.228 e. The quantitative estimate of drug-likeness (QED) is 0.862. The summed E-state index contributed by atoms with van der Waals surface area (Å²) < 4.78 is 1.21. The predicted octanol–water partition coefficient (Wildman–Crippen LogP) is 2.02. The molecule has 0 saturated heterocycles. The molecule has 1 saturated carbocycles. The molecular formula is C15H10Cl2N6O. The first-order valence-electron chi connectivity index (χ1n) is 6.84. The Balaban J connectivity index is 2.27. The van der Waals surface area contributed by atoms with Gasteiger partial charge in [0.25, 0.3) is 0 Å². The normalized spacial score (nSPS) is 14.7.